The van der Waals surface area contributed by atoms with Gasteiger partial charge in [0.2, 0.25) is 0 Å². The number of ether oxygens (including phenoxy) is 1. The van der Waals surface area contributed by atoms with Gasteiger partial charge in [-0.3, -0.25) is 4.90 Å². The molecule has 0 saturated carbocycles. The maximum atomic E-state index is 8.70. The first-order chi connectivity index (χ1) is 9.31. The van der Waals surface area contributed by atoms with E-state index in [2.05, 4.69) is 30.0 Å². The first-order valence-electron chi connectivity index (χ1n) is 7.48. The molecule has 0 bridgehead atoms. The van der Waals surface area contributed by atoms with Crippen molar-refractivity contribution in [3.63, 3.8) is 0 Å². The van der Waals surface area contributed by atoms with Crippen LogP contribution < -0.4 is 5.32 Å². The molecule has 0 amide bonds. The summed E-state index contributed by atoms with van der Waals surface area (Å²) in [6, 6.07) is 0.539. The highest BCUT2D eigenvalue weighted by atomic mass is 16.5. The number of rotatable bonds is 8. The number of hydrogen-bond donors (Lipinski definition) is 2. The number of nitrogens with zero attached hydrogens (tertiary/aromatic N) is 1. The van der Waals surface area contributed by atoms with Crippen molar-refractivity contribution in [1.82, 2.24) is 10.2 Å². The lowest BCUT2D eigenvalue weighted by Crippen LogP contribution is -2.51. The smallest absolute Gasteiger partial charge is 0.107 e. The van der Waals surface area contributed by atoms with E-state index in [1.165, 1.54) is 6.42 Å². The van der Waals surface area contributed by atoms with Crippen LogP contribution in [0.4, 0.5) is 0 Å². The van der Waals surface area contributed by atoms with E-state index in [0.717, 1.165) is 52.2 Å². The van der Waals surface area contributed by atoms with Crippen LogP contribution in [0.1, 0.15) is 39.5 Å². The minimum absolute atomic E-state index is 0.230. The molecule has 4 nitrogen and oxygen atoms in total. The Labute approximate surface area is 117 Å². The van der Waals surface area contributed by atoms with E-state index < -0.39 is 0 Å². The highest BCUT2D eigenvalue weighted by Gasteiger charge is 2.23. The van der Waals surface area contributed by atoms with Crippen molar-refractivity contribution in [3.05, 3.63) is 0 Å². The number of aliphatic hydroxyl groups excluding tert-OH is 1. The van der Waals surface area contributed by atoms with Crippen LogP contribution >= 0.6 is 0 Å². The van der Waals surface area contributed by atoms with Crippen molar-refractivity contribution in [1.29, 1.82) is 0 Å². The van der Waals surface area contributed by atoms with Gasteiger partial charge in [-0.25, -0.2) is 0 Å². The summed E-state index contributed by atoms with van der Waals surface area (Å²) >= 11 is 0. The van der Waals surface area contributed by atoms with Crippen molar-refractivity contribution in [2.24, 2.45) is 5.92 Å². The third-order valence-corrected chi connectivity index (χ3v) is 3.65. The Morgan fingerprint density at radius 1 is 1.42 bits per heavy atom. The summed E-state index contributed by atoms with van der Waals surface area (Å²) in [6.45, 7) is 8.84. The number of hydrogen-bond acceptors (Lipinski definition) is 4. The monoisotopic (exact) mass is 268 g/mol. The average molecular weight is 268 g/mol. The number of unbranched alkanes of at least 4 members (excludes halogenated alkanes) is 1. The van der Waals surface area contributed by atoms with Gasteiger partial charge in [-0.05, 0) is 19.3 Å². The molecule has 19 heavy (non-hydrogen) atoms. The topological polar surface area (TPSA) is 44.7 Å². The minimum Gasteiger partial charge on any atom is -0.462 e. The first kappa shape index (κ1) is 16.3. The standard InChI is InChI=1S/C15H28N2O2/c1-3-5-9-19-10-7-15(4-2)17-12-14(6-8-18)11-16-13-17/h14-16,18H,3-5,7,9-13H2,1-2H3/t14-,15?/m0/s1. The van der Waals surface area contributed by atoms with Crippen molar-refractivity contribution in [2.75, 3.05) is 33.0 Å². The lowest BCUT2D eigenvalue weighted by atomic mass is 10.0. The minimum atomic E-state index is 0.230. The summed E-state index contributed by atoms with van der Waals surface area (Å²) in [5.41, 5.74) is 0. The first-order valence-corrected chi connectivity index (χ1v) is 7.48. The molecule has 1 fully saturated rings. The van der Waals surface area contributed by atoms with Gasteiger partial charge in [-0.2, -0.15) is 0 Å². The van der Waals surface area contributed by atoms with E-state index in [1.807, 2.05) is 6.11 Å². The maximum Gasteiger partial charge on any atom is 0.107 e. The fraction of sp³-hybridized carbons (Fsp3) is 0.867. The summed E-state index contributed by atoms with van der Waals surface area (Å²) in [5, 5.41) is 12.1. The predicted octanol–water partition coefficient (Wildman–Crippen LogP) is 1.78. The van der Waals surface area contributed by atoms with E-state index in [1.54, 1.807) is 0 Å². The van der Waals surface area contributed by atoms with Gasteiger partial charge in [0.05, 0.1) is 0 Å². The highest BCUT2D eigenvalue weighted by Crippen LogP contribution is 2.13. The van der Waals surface area contributed by atoms with E-state index >= 15 is 0 Å². The SMILES string of the molecule is CCCCOCCC(CC)N1CNC[C@H](C#CO)C1. The molecule has 1 aliphatic heterocycles. The van der Waals surface area contributed by atoms with Crippen LogP contribution in [-0.2, 0) is 4.74 Å². The molecule has 110 valence electrons. The molecule has 0 aliphatic carbocycles. The van der Waals surface area contributed by atoms with Crippen LogP contribution in [0.5, 0.6) is 0 Å². The molecule has 0 aromatic heterocycles. The fourth-order valence-corrected chi connectivity index (χ4v) is 2.47. The van der Waals surface area contributed by atoms with Gasteiger partial charge in [-0.15, -0.1) is 0 Å². The Balaban J connectivity index is 2.29. The van der Waals surface area contributed by atoms with Crippen LogP contribution in [0.2, 0.25) is 0 Å². The Morgan fingerprint density at radius 3 is 2.95 bits per heavy atom. The maximum absolute atomic E-state index is 8.70. The van der Waals surface area contributed by atoms with Crippen LogP contribution in [0, 0.1) is 17.9 Å². The average Bonchev–Trinajstić information content (AvgIpc) is 2.43. The quantitative estimate of drug-likeness (QED) is 0.520. The van der Waals surface area contributed by atoms with Gasteiger partial charge < -0.3 is 15.2 Å². The molecular weight excluding hydrogens is 240 g/mol. The lowest BCUT2D eigenvalue weighted by Gasteiger charge is -2.36. The van der Waals surface area contributed by atoms with Crippen LogP contribution in [0.3, 0.4) is 0 Å². The molecule has 1 rings (SSSR count). The molecule has 2 N–H and O–H groups in total. The second-order valence-corrected chi connectivity index (χ2v) is 5.15. The lowest BCUT2D eigenvalue weighted by molar-refractivity contribution is 0.0752. The Hall–Kier alpha value is -0.760. The molecule has 0 aromatic carbocycles. The highest BCUT2D eigenvalue weighted by molar-refractivity contribution is 5.01. The van der Waals surface area contributed by atoms with Crippen LogP contribution in [0.25, 0.3) is 0 Å². The largest absolute Gasteiger partial charge is 0.462 e. The van der Waals surface area contributed by atoms with Crippen molar-refractivity contribution < 1.29 is 9.84 Å². The van der Waals surface area contributed by atoms with Gasteiger partial charge in [0.15, 0.2) is 0 Å². The van der Waals surface area contributed by atoms with Gasteiger partial charge in [0.1, 0.15) is 6.11 Å². The Kier molecular flexibility index (Phi) is 8.64. The van der Waals surface area contributed by atoms with Crippen LogP contribution in [0.15, 0.2) is 0 Å². The van der Waals surface area contributed by atoms with Crippen molar-refractivity contribution >= 4 is 0 Å². The zero-order chi connectivity index (χ0) is 13.9. The zero-order valence-electron chi connectivity index (χ0n) is 12.3. The summed E-state index contributed by atoms with van der Waals surface area (Å²) in [5.74, 6) is 3.08. The second kappa shape index (κ2) is 10.1. The summed E-state index contributed by atoms with van der Waals surface area (Å²) in [4.78, 5) is 2.42. The normalized spacial score (nSPS) is 21.7. The molecule has 1 unspecified atom stereocenters. The molecule has 4 heteroatoms. The summed E-state index contributed by atoms with van der Waals surface area (Å²) in [6.07, 6.45) is 6.57. The van der Waals surface area contributed by atoms with Crippen LogP contribution in [-0.4, -0.2) is 49.0 Å². The zero-order valence-corrected chi connectivity index (χ0v) is 12.3. The molecule has 1 saturated heterocycles. The van der Waals surface area contributed by atoms with E-state index in [9.17, 15) is 0 Å². The second-order valence-electron chi connectivity index (χ2n) is 5.15. The van der Waals surface area contributed by atoms with Gasteiger partial charge in [0, 0.05) is 44.9 Å². The van der Waals surface area contributed by atoms with E-state index in [-0.39, 0.29) is 5.92 Å². The van der Waals surface area contributed by atoms with Crippen molar-refractivity contribution in [2.45, 2.75) is 45.6 Å². The number of aliphatic hydroxyl groups is 1. The van der Waals surface area contributed by atoms with E-state index in [0.29, 0.717) is 6.04 Å². The third kappa shape index (κ3) is 6.29. The Morgan fingerprint density at radius 2 is 2.26 bits per heavy atom. The Bertz CT molecular complexity index is 286. The molecule has 1 aliphatic rings. The third-order valence-electron chi connectivity index (χ3n) is 3.65. The molecule has 1 heterocycles. The van der Waals surface area contributed by atoms with Gasteiger partial charge in [0.25, 0.3) is 0 Å². The molecule has 0 radical (unpaired) electrons. The summed E-state index contributed by atoms with van der Waals surface area (Å²) in [7, 11) is 0. The fourth-order valence-electron chi connectivity index (χ4n) is 2.47. The van der Waals surface area contributed by atoms with Gasteiger partial charge >= 0.3 is 0 Å². The summed E-state index contributed by atoms with van der Waals surface area (Å²) < 4.78 is 5.66. The van der Waals surface area contributed by atoms with Crippen molar-refractivity contribution in [3.8, 4) is 12.0 Å². The van der Waals surface area contributed by atoms with E-state index in [4.69, 9.17) is 9.84 Å². The number of nitrogens with one attached hydrogen (secondary N) is 1. The molecule has 0 aromatic rings. The molecule has 0 spiro atoms. The molecule has 2 atom stereocenters. The van der Waals surface area contributed by atoms with Gasteiger partial charge in [-0.1, -0.05) is 26.2 Å². The molecular formula is C15H28N2O2. The predicted molar refractivity (Wildman–Crippen MR) is 77.2 cm³/mol.